The summed E-state index contributed by atoms with van der Waals surface area (Å²) < 4.78 is 7.73. The first-order valence-corrected chi connectivity index (χ1v) is 9.41. The highest BCUT2D eigenvalue weighted by atomic mass is 79.9. The number of fused-ring (bicyclic) bond motifs is 1. The van der Waals surface area contributed by atoms with Crippen LogP contribution in [0.1, 0.15) is 28.5 Å². The monoisotopic (exact) mass is 442 g/mol. The number of carbonyl (C=O) groups is 1. The Balaban J connectivity index is 1.87. The normalized spacial score (nSPS) is 11.1. The molecule has 1 amide bonds. The molecule has 2 heterocycles. The Hall–Kier alpha value is -3.00. The first-order valence-electron chi connectivity index (χ1n) is 8.62. The van der Waals surface area contributed by atoms with E-state index < -0.39 is 5.91 Å². The van der Waals surface area contributed by atoms with Gasteiger partial charge < -0.3 is 9.30 Å². The molecule has 0 saturated carbocycles. The molecule has 0 aliphatic heterocycles. The van der Waals surface area contributed by atoms with E-state index in [0.29, 0.717) is 23.3 Å². The van der Waals surface area contributed by atoms with E-state index >= 15 is 0 Å². The van der Waals surface area contributed by atoms with E-state index in [0.717, 1.165) is 15.7 Å². The molecule has 0 bridgehead atoms. The number of aryl methyl sites for hydroxylation is 2. The molecule has 0 unspecified atom stereocenters. The van der Waals surface area contributed by atoms with Crippen LogP contribution in [0, 0.1) is 6.92 Å². The number of hydrazone groups is 1. The van der Waals surface area contributed by atoms with Gasteiger partial charge in [0.15, 0.2) is 0 Å². The molecular formula is C20H19BrN4O3. The zero-order valence-electron chi connectivity index (χ0n) is 15.7. The van der Waals surface area contributed by atoms with Crippen LogP contribution in [0.4, 0.5) is 0 Å². The predicted octanol–water partition coefficient (Wildman–Crippen LogP) is 3.26. The van der Waals surface area contributed by atoms with Gasteiger partial charge >= 0.3 is 0 Å². The Morgan fingerprint density at radius 3 is 2.82 bits per heavy atom. The molecule has 28 heavy (non-hydrogen) atoms. The van der Waals surface area contributed by atoms with Gasteiger partial charge in [-0.1, -0.05) is 0 Å². The summed E-state index contributed by atoms with van der Waals surface area (Å²) in [5, 5.41) is 4.36. The number of hydrogen-bond donors (Lipinski definition) is 1. The van der Waals surface area contributed by atoms with E-state index in [4.69, 9.17) is 4.74 Å². The van der Waals surface area contributed by atoms with Crippen LogP contribution in [0.2, 0.25) is 0 Å². The van der Waals surface area contributed by atoms with Gasteiger partial charge in [0.2, 0.25) is 5.43 Å². The topological polar surface area (TPSA) is 85.6 Å². The Kier molecular flexibility index (Phi) is 5.89. The summed E-state index contributed by atoms with van der Waals surface area (Å²) in [5.74, 6) is 0.125. The smallest absolute Gasteiger partial charge is 0.276 e. The molecule has 0 saturated heterocycles. The third kappa shape index (κ3) is 3.96. The lowest BCUT2D eigenvalue weighted by Gasteiger charge is -2.10. The van der Waals surface area contributed by atoms with Crippen LogP contribution in [-0.2, 0) is 6.54 Å². The van der Waals surface area contributed by atoms with Crippen molar-refractivity contribution in [2.24, 2.45) is 5.10 Å². The maximum atomic E-state index is 12.7. The summed E-state index contributed by atoms with van der Waals surface area (Å²) in [6, 6.07) is 8.84. The van der Waals surface area contributed by atoms with Crippen molar-refractivity contribution in [3.8, 4) is 5.75 Å². The quantitative estimate of drug-likeness (QED) is 0.485. The second kappa shape index (κ2) is 8.35. The molecule has 0 aliphatic carbocycles. The maximum Gasteiger partial charge on any atom is 0.276 e. The minimum Gasteiger partial charge on any atom is -0.496 e. The summed E-state index contributed by atoms with van der Waals surface area (Å²) in [5.41, 5.74) is 4.20. The summed E-state index contributed by atoms with van der Waals surface area (Å²) in [7, 11) is 1.58. The number of nitrogens with one attached hydrogen (secondary N) is 1. The number of nitrogens with zero attached hydrogens (tertiary/aromatic N) is 3. The lowest BCUT2D eigenvalue weighted by atomic mass is 10.1. The summed E-state index contributed by atoms with van der Waals surface area (Å²) in [6.45, 7) is 4.36. The Bertz CT molecular complexity index is 1140. The lowest BCUT2D eigenvalue weighted by Crippen LogP contribution is -2.27. The number of methoxy groups -OCH3 is 1. The minimum absolute atomic E-state index is 0.0214. The molecule has 0 radical (unpaired) electrons. The van der Waals surface area contributed by atoms with Gasteiger partial charge in [0, 0.05) is 18.4 Å². The molecule has 144 valence electrons. The third-order valence-electron chi connectivity index (χ3n) is 4.20. The van der Waals surface area contributed by atoms with Crippen LogP contribution in [0.25, 0.3) is 11.0 Å². The maximum absolute atomic E-state index is 12.7. The van der Waals surface area contributed by atoms with E-state index in [1.165, 1.54) is 12.4 Å². The highest BCUT2D eigenvalue weighted by Gasteiger charge is 2.15. The Morgan fingerprint density at radius 2 is 2.14 bits per heavy atom. The van der Waals surface area contributed by atoms with Crippen molar-refractivity contribution in [1.29, 1.82) is 0 Å². The Morgan fingerprint density at radius 1 is 1.36 bits per heavy atom. The molecule has 1 N–H and O–H groups in total. The van der Waals surface area contributed by atoms with Gasteiger partial charge in [0.05, 0.1) is 23.2 Å². The number of halogens is 1. The second-order valence-corrected chi connectivity index (χ2v) is 6.93. The molecule has 3 rings (SSSR count). The van der Waals surface area contributed by atoms with Crippen molar-refractivity contribution in [2.75, 3.05) is 7.11 Å². The van der Waals surface area contributed by atoms with Crippen molar-refractivity contribution < 1.29 is 9.53 Å². The number of benzene rings is 1. The molecule has 3 aromatic rings. The van der Waals surface area contributed by atoms with E-state index in [1.807, 2.05) is 19.9 Å². The van der Waals surface area contributed by atoms with E-state index in [1.54, 1.807) is 35.9 Å². The van der Waals surface area contributed by atoms with Gasteiger partial charge in [-0.2, -0.15) is 5.10 Å². The molecule has 2 aromatic heterocycles. The zero-order chi connectivity index (χ0) is 20.3. The average Bonchev–Trinajstić information content (AvgIpc) is 2.68. The zero-order valence-corrected chi connectivity index (χ0v) is 17.3. The molecule has 0 atom stereocenters. The van der Waals surface area contributed by atoms with Crippen molar-refractivity contribution in [3.05, 3.63) is 68.0 Å². The standard InChI is InChI=1S/C20H19BrN4O3/c1-4-25-11-15(18(26)14-7-5-12(2)23-19(14)25)20(27)24-22-10-13-6-8-17(28-3)16(21)9-13/h5-11H,4H2,1-3H3,(H,24,27)/b22-10+. The van der Waals surface area contributed by atoms with Crippen LogP contribution in [0.15, 0.2) is 50.9 Å². The number of pyridine rings is 2. The van der Waals surface area contributed by atoms with Crippen LogP contribution in [-0.4, -0.2) is 28.8 Å². The summed E-state index contributed by atoms with van der Waals surface area (Å²) >= 11 is 3.39. The van der Waals surface area contributed by atoms with Crippen molar-refractivity contribution in [2.45, 2.75) is 20.4 Å². The summed E-state index contributed by atoms with van der Waals surface area (Å²) in [6.07, 6.45) is 3.01. The molecular weight excluding hydrogens is 424 g/mol. The first-order chi connectivity index (χ1) is 13.4. The third-order valence-corrected chi connectivity index (χ3v) is 4.82. The van der Waals surface area contributed by atoms with Gasteiger partial charge in [0.1, 0.15) is 17.0 Å². The van der Waals surface area contributed by atoms with E-state index in [2.05, 4.69) is 31.4 Å². The summed E-state index contributed by atoms with van der Waals surface area (Å²) in [4.78, 5) is 29.6. The average molecular weight is 443 g/mol. The number of hydrogen-bond acceptors (Lipinski definition) is 5. The number of aromatic nitrogens is 2. The number of rotatable bonds is 5. The first kappa shape index (κ1) is 19.8. The fourth-order valence-electron chi connectivity index (χ4n) is 2.75. The fourth-order valence-corrected chi connectivity index (χ4v) is 3.31. The van der Waals surface area contributed by atoms with Gasteiger partial charge in [-0.25, -0.2) is 10.4 Å². The predicted molar refractivity (Wildman–Crippen MR) is 112 cm³/mol. The van der Waals surface area contributed by atoms with E-state index in [-0.39, 0.29) is 11.0 Å². The molecule has 0 spiro atoms. The Labute approximate surface area is 170 Å². The van der Waals surface area contributed by atoms with Crippen LogP contribution in [0.5, 0.6) is 5.75 Å². The van der Waals surface area contributed by atoms with Gasteiger partial charge in [0.25, 0.3) is 5.91 Å². The molecule has 8 heteroatoms. The number of amides is 1. The van der Waals surface area contributed by atoms with Gasteiger partial charge in [-0.05, 0) is 65.7 Å². The van der Waals surface area contributed by atoms with Crippen LogP contribution < -0.4 is 15.6 Å². The van der Waals surface area contributed by atoms with Crippen LogP contribution in [0.3, 0.4) is 0 Å². The van der Waals surface area contributed by atoms with Crippen molar-refractivity contribution in [1.82, 2.24) is 15.0 Å². The van der Waals surface area contributed by atoms with Crippen molar-refractivity contribution in [3.63, 3.8) is 0 Å². The molecule has 0 aliphatic rings. The number of carbonyl (C=O) groups excluding carboxylic acids is 1. The minimum atomic E-state index is -0.571. The van der Waals surface area contributed by atoms with Crippen LogP contribution >= 0.6 is 15.9 Å². The highest BCUT2D eigenvalue weighted by Crippen LogP contribution is 2.24. The molecule has 1 aromatic carbocycles. The SMILES string of the molecule is CCn1cc(C(=O)N/N=C/c2ccc(OC)c(Br)c2)c(=O)c2ccc(C)nc21. The van der Waals surface area contributed by atoms with E-state index in [9.17, 15) is 9.59 Å². The van der Waals surface area contributed by atoms with Gasteiger partial charge in [-0.15, -0.1) is 0 Å². The largest absolute Gasteiger partial charge is 0.496 e. The molecule has 7 nitrogen and oxygen atoms in total. The second-order valence-electron chi connectivity index (χ2n) is 6.07. The molecule has 0 fully saturated rings. The van der Waals surface area contributed by atoms with Crippen molar-refractivity contribution >= 4 is 39.1 Å². The number of ether oxygens (including phenoxy) is 1. The lowest BCUT2D eigenvalue weighted by molar-refractivity contribution is 0.0953. The van der Waals surface area contributed by atoms with Gasteiger partial charge in [-0.3, -0.25) is 9.59 Å². The highest BCUT2D eigenvalue weighted by molar-refractivity contribution is 9.10. The fraction of sp³-hybridized carbons (Fsp3) is 0.200.